The van der Waals surface area contributed by atoms with Crippen LogP contribution in [-0.4, -0.2) is 40.4 Å². The summed E-state index contributed by atoms with van der Waals surface area (Å²) in [6.07, 6.45) is 0.357. The molecule has 1 aliphatic heterocycles. The van der Waals surface area contributed by atoms with Crippen LogP contribution < -0.4 is 5.56 Å². The molecule has 1 aliphatic rings. The van der Waals surface area contributed by atoms with Crippen LogP contribution in [0.1, 0.15) is 43.7 Å². The topological polar surface area (TPSA) is 62.6 Å². The number of hydrogen-bond donors (Lipinski definition) is 0. The van der Waals surface area contributed by atoms with Gasteiger partial charge in [-0.1, -0.05) is 29.5 Å². The summed E-state index contributed by atoms with van der Waals surface area (Å²) in [5, 5.41) is 1.37. The van der Waals surface area contributed by atoms with Crippen molar-refractivity contribution in [3.63, 3.8) is 0 Å². The Morgan fingerprint density at radius 3 is 2.56 bits per heavy atom. The number of thiophene rings is 1. The second kappa shape index (κ2) is 9.65. The number of thioether (sulfide) groups is 1. The van der Waals surface area contributed by atoms with Crippen molar-refractivity contribution in [3.8, 4) is 5.69 Å². The van der Waals surface area contributed by atoms with Gasteiger partial charge in [-0.15, -0.1) is 11.3 Å². The highest BCUT2D eigenvalue weighted by molar-refractivity contribution is 7.99. The minimum Gasteiger partial charge on any atom is -0.370 e. The third-order valence-corrected chi connectivity index (χ3v) is 7.49. The fourth-order valence-corrected chi connectivity index (χ4v) is 5.95. The van der Waals surface area contributed by atoms with Gasteiger partial charge in [0.05, 0.1) is 29.0 Å². The third kappa shape index (κ3) is 4.79. The van der Waals surface area contributed by atoms with E-state index in [-0.39, 0.29) is 17.5 Å². The monoisotopic (exact) mass is 474 g/mol. The van der Waals surface area contributed by atoms with Gasteiger partial charge in [0.2, 0.25) is 0 Å². The van der Waals surface area contributed by atoms with E-state index < -0.39 is 0 Å². The van der Waals surface area contributed by atoms with Gasteiger partial charge in [0.1, 0.15) is 4.83 Å². The molecule has 2 aromatic heterocycles. The van der Waals surface area contributed by atoms with E-state index in [4.69, 9.17) is 19.2 Å². The van der Waals surface area contributed by atoms with E-state index in [0.29, 0.717) is 37.2 Å². The summed E-state index contributed by atoms with van der Waals surface area (Å²) in [5.74, 6) is 0.548. The molecule has 6 nitrogen and oxygen atoms in total. The molecule has 3 heterocycles. The zero-order valence-corrected chi connectivity index (χ0v) is 20.9. The number of hydrogen-bond acceptors (Lipinski definition) is 7. The molecular formula is C24H30N2O4S2. The van der Waals surface area contributed by atoms with Gasteiger partial charge in [-0.2, -0.15) is 0 Å². The number of rotatable bonds is 8. The molecule has 8 heteroatoms. The van der Waals surface area contributed by atoms with Gasteiger partial charge in [-0.05, 0) is 52.3 Å². The Labute approximate surface area is 196 Å². The molecule has 0 spiro atoms. The van der Waals surface area contributed by atoms with Crippen LogP contribution in [0.5, 0.6) is 0 Å². The number of aromatic nitrogens is 2. The van der Waals surface area contributed by atoms with Crippen molar-refractivity contribution in [3.05, 3.63) is 50.6 Å². The largest absolute Gasteiger partial charge is 0.370 e. The lowest BCUT2D eigenvalue weighted by Gasteiger charge is -2.30. The average molecular weight is 475 g/mol. The Kier molecular flexibility index (Phi) is 7.07. The molecule has 0 radical (unpaired) electrons. The van der Waals surface area contributed by atoms with E-state index >= 15 is 0 Å². The molecular weight excluding hydrogens is 444 g/mol. The standard InChI is InChI=1S/C24H30N2O4S2/c1-6-28-19(29-7-2)14-31-23-25-21-20(17-12-24(4,5)30-13-18(17)32-21)22(27)26(23)16-10-8-15(3)9-11-16/h8-11,19H,6-7,12-14H2,1-5H3. The lowest BCUT2D eigenvalue weighted by molar-refractivity contribution is -0.120. The summed E-state index contributed by atoms with van der Waals surface area (Å²) >= 11 is 3.05. The lowest BCUT2D eigenvalue weighted by Crippen LogP contribution is -2.32. The van der Waals surface area contributed by atoms with Crippen LogP contribution in [0.3, 0.4) is 0 Å². The smallest absolute Gasteiger partial charge is 0.267 e. The summed E-state index contributed by atoms with van der Waals surface area (Å²) in [6.45, 7) is 11.7. The molecule has 3 aromatic rings. The fourth-order valence-electron chi connectivity index (χ4n) is 3.85. The minimum absolute atomic E-state index is 0.0269. The van der Waals surface area contributed by atoms with Gasteiger partial charge in [-0.25, -0.2) is 4.98 Å². The Morgan fingerprint density at radius 1 is 1.22 bits per heavy atom. The highest BCUT2D eigenvalue weighted by Crippen LogP contribution is 2.38. The summed E-state index contributed by atoms with van der Waals surface area (Å²) in [6, 6.07) is 7.98. The maximum Gasteiger partial charge on any atom is 0.267 e. The van der Waals surface area contributed by atoms with Crippen LogP contribution >= 0.6 is 23.1 Å². The molecule has 0 fully saturated rings. The Balaban J connectivity index is 1.84. The van der Waals surface area contributed by atoms with Crippen molar-refractivity contribution in [2.24, 2.45) is 0 Å². The van der Waals surface area contributed by atoms with Gasteiger partial charge in [0.25, 0.3) is 5.56 Å². The molecule has 0 bridgehead atoms. The van der Waals surface area contributed by atoms with Gasteiger partial charge in [-0.3, -0.25) is 9.36 Å². The first kappa shape index (κ1) is 23.4. The number of benzene rings is 1. The van der Waals surface area contributed by atoms with Crippen molar-refractivity contribution in [2.75, 3.05) is 19.0 Å². The van der Waals surface area contributed by atoms with Crippen LogP contribution in [0.25, 0.3) is 15.9 Å². The van der Waals surface area contributed by atoms with Gasteiger partial charge < -0.3 is 14.2 Å². The number of nitrogens with zero attached hydrogens (tertiary/aromatic N) is 2. The zero-order chi connectivity index (χ0) is 22.9. The summed E-state index contributed by atoms with van der Waals surface area (Å²) in [7, 11) is 0. The van der Waals surface area contributed by atoms with Gasteiger partial charge in [0, 0.05) is 24.5 Å². The first-order valence-electron chi connectivity index (χ1n) is 11.0. The second-order valence-electron chi connectivity index (χ2n) is 8.43. The molecule has 0 amide bonds. The Bertz CT molecular complexity index is 1150. The van der Waals surface area contributed by atoms with Crippen LogP contribution in [-0.2, 0) is 27.2 Å². The van der Waals surface area contributed by atoms with Crippen molar-refractivity contribution >= 4 is 33.3 Å². The van der Waals surface area contributed by atoms with Crippen molar-refractivity contribution < 1.29 is 14.2 Å². The zero-order valence-electron chi connectivity index (χ0n) is 19.3. The molecule has 0 saturated carbocycles. The number of aryl methyl sites for hydroxylation is 1. The van der Waals surface area contributed by atoms with E-state index in [1.54, 1.807) is 15.9 Å². The normalized spacial score (nSPS) is 15.4. The maximum atomic E-state index is 13.9. The highest BCUT2D eigenvalue weighted by Gasteiger charge is 2.31. The Hall–Kier alpha value is -1.71. The predicted molar refractivity (Wildman–Crippen MR) is 130 cm³/mol. The van der Waals surface area contributed by atoms with Crippen LogP contribution in [0.15, 0.2) is 34.2 Å². The fraction of sp³-hybridized carbons (Fsp3) is 0.500. The molecule has 0 atom stereocenters. The molecule has 4 rings (SSSR count). The van der Waals surface area contributed by atoms with Crippen molar-refractivity contribution in [1.29, 1.82) is 0 Å². The summed E-state index contributed by atoms with van der Waals surface area (Å²) in [5.41, 5.74) is 2.72. The van der Waals surface area contributed by atoms with Gasteiger partial charge >= 0.3 is 0 Å². The first-order chi connectivity index (χ1) is 15.3. The summed E-state index contributed by atoms with van der Waals surface area (Å²) in [4.78, 5) is 20.7. The van der Waals surface area contributed by atoms with Crippen LogP contribution in [0.4, 0.5) is 0 Å². The molecule has 0 unspecified atom stereocenters. The van der Waals surface area contributed by atoms with Crippen molar-refractivity contribution in [2.45, 2.75) is 64.7 Å². The van der Waals surface area contributed by atoms with Gasteiger partial charge in [0.15, 0.2) is 11.4 Å². The molecule has 0 saturated heterocycles. The maximum absolute atomic E-state index is 13.9. The summed E-state index contributed by atoms with van der Waals surface area (Å²) < 4.78 is 19.1. The molecule has 0 N–H and O–H groups in total. The predicted octanol–water partition coefficient (Wildman–Crippen LogP) is 5.10. The number of ether oxygens (including phenoxy) is 3. The van der Waals surface area contributed by atoms with Crippen molar-refractivity contribution in [1.82, 2.24) is 9.55 Å². The average Bonchev–Trinajstić information content (AvgIpc) is 3.10. The molecule has 0 aliphatic carbocycles. The number of fused-ring (bicyclic) bond motifs is 3. The third-order valence-electron chi connectivity index (χ3n) is 5.42. The van der Waals surface area contributed by atoms with E-state index in [2.05, 4.69) is 13.8 Å². The SMILES string of the molecule is CCOC(CSc1nc2sc3c(c2c(=O)n1-c1ccc(C)cc1)CC(C)(C)OC3)OCC. The minimum atomic E-state index is -0.347. The van der Waals surface area contributed by atoms with E-state index in [1.165, 1.54) is 11.8 Å². The second-order valence-corrected chi connectivity index (χ2v) is 10.5. The lowest BCUT2D eigenvalue weighted by atomic mass is 9.94. The van der Waals surface area contributed by atoms with Crippen LogP contribution in [0.2, 0.25) is 0 Å². The van der Waals surface area contributed by atoms with E-state index in [0.717, 1.165) is 31.9 Å². The van der Waals surface area contributed by atoms with E-state index in [1.807, 2.05) is 45.0 Å². The molecule has 32 heavy (non-hydrogen) atoms. The Morgan fingerprint density at radius 2 is 1.91 bits per heavy atom. The van der Waals surface area contributed by atoms with Crippen LogP contribution in [0, 0.1) is 6.92 Å². The first-order valence-corrected chi connectivity index (χ1v) is 12.8. The molecule has 172 valence electrons. The highest BCUT2D eigenvalue weighted by atomic mass is 32.2. The van der Waals surface area contributed by atoms with E-state index in [9.17, 15) is 4.79 Å². The molecule has 1 aromatic carbocycles. The quantitative estimate of drug-likeness (QED) is 0.257.